The lowest BCUT2D eigenvalue weighted by Crippen LogP contribution is -2.46. The fraction of sp³-hybridized carbons (Fsp3) is 0.435. The first-order valence-electron chi connectivity index (χ1n) is 9.54. The molecule has 1 unspecified atom stereocenters. The van der Waals surface area contributed by atoms with Crippen LogP contribution in [0, 0.1) is 0 Å². The number of quaternary nitrogens is 1. The van der Waals surface area contributed by atoms with Crippen molar-refractivity contribution in [3.05, 3.63) is 71.3 Å². The average molecular weight is 355 g/mol. The Bertz CT molecular complexity index is 696. The molecule has 0 bridgehead atoms. The smallest absolute Gasteiger partial charge is 0.198 e. The molecule has 3 nitrogen and oxygen atoms in total. The Morgan fingerprint density at radius 2 is 1.46 bits per heavy atom. The Labute approximate surface area is 158 Å². The number of rotatable bonds is 9. The molecule has 0 aliphatic rings. The minimum Gasteiger partial charge on any atom is -0.366 e. The molecule has 0 aliphatic carbocycles. The number of benzene rings is 2. The van der Waals surface area contributed by atoms with Gasteiger partial charge < -0.3 is 9.22 Å². The van der Waals surface area contributed by atoms with E-state index >= 15 is 0 Å². The molecule has 0 N–H and O–H groups in total. The minimum absolute atomic E-state index is 0.0193. The Kier molecular flexibility index (Phi) is 6.74. The van der Waals surface area contributed by atoms with E-state index in [2.05, 4.69) is 32.9 Å². The van der Waals surface area contributed by atoms with E-state index in [-0.39, 0.29) is 5.78 Å². The Balaban J connectivity index is 2.28. The molecular weight excluding hydrogens is 322 g/mol. The largest absolute Gasteiger partial charge is 0.366 e. The summed E-state index contributed by atoms with van der Waals surface area (Å²) >= 11 is 0. The molecular formula is C23H32NO2+. The molecule has 0 spiro atoms. The van der Waals surface area contributed by atoms with Crippen molar-refractivity contribution in [1.82, 2.24) is 0 Å². The average Bonchev–Trinajstić information content (AvgIpc) is 2.72. The standard InChI is InChI=1S/C23H32NO2/c1-6-24(7-2,8-3)18-19-14-16-21(17-15-19)23(4,26-5)22(25)20-12-10-9-11-13-20/h9-17H,6-8,18H2,1-5H3/q+1. The van der Waals surface area contributed by atoms with E-state index in [9.17, 15) is 4.79 Å². The van der Waals surface area contributed by atoms with E-state index in [0.717, 1.165) is 36.2 Å². The second-order valence-electron chi connectivity index (χ2n) is 7.08. The predicted molar refractivity (Wildman–Crippen MR) is 107 cm³/mol. The molecule has 0 heterocycles. The van der Waals surface area contributed by atoms with Gasteiger partial charge in [-0.25, -0.2) is 0 Å². The number of hydrogen-bond acceptors (Lipinski definition) is 2. The quantitative estimate of drug-likeness (QED) is 0.477. The van der Waals surface area contributed by atoms with E-state index in [4.69, 9.17) is 4.74 Å². The summed E-state index contributed by atoms with van der Waals surface area (Å²) in [6.45, 7) is 13.0. The second kappa shape index (κ2) is 8.61. The van der Waals surface area contributed by atoms with Crippen LogP contribution in [0.2, 0.25) is 0 Å². The Hall–Kier alpha value is -1.97. The van der Waals surface area contributed by atoms with Crippen LogP contribution in [-0.4, -0.2) is 37.0 Å². The monoisotopic (exact) mass is 354 g/mol. The summed E-state index contributed by atoms with van der Waals surface area (Å²) in [5.41, 5.74) is 1.87. The number of nitrogens with zero attached hydrogens (tertiary/aromatic N) is 1. The van der Waals surface area contributed by atoms with Gasteiger partial charge in [0.1, 0.15) is 6.54 Å². The van der Waals surface area contributed by atoms with Gasteiger partial charge in [0.15, 0.2) is 11.4 Å². The zero-order valence-electron chi connectivity index (χ0n) is 16.8. The molecule has 0 aromatic heterocycles. The van der Waals surface area contributed by atoms with Gasteiger partial charge in [0, 0.05) is 18.2 Å². The van der Waals surface area contributed by atoms with Crippen LogP contribution in [0.15, 0.2) is 54.6 Å². The molecule has 2 rings (SSSR count). The molecule has 0 saturated carbocycles. The number of ether oxygens (including phenoxy) is 1. The van der Waals surface area contributed by atoms with Gasteiger partial charge in [-0.15, -0.1) is 0 Å². The van der Waals surface area contributed by atoms with E-state index < -0.39 is 5.60 Å². The third-order valence-electron chi connectivity index (χ3n) is 5.91. The number of carbonyl (C=O) groups is 1. The van der Waals surface area contributed by atoms with Crippen molar-refractivity contribution in [3.8, 4) is 0 Å². The normalized spacial score (nSPS) is 14.0. The number of hydrogen-bond donors (Lipinski definition) is 0. The first kappa shape index (κ1) is 20.3. The number of carbonyl (C=O) groups excluding carboxylic acids is 1. The van der Waals surface area contributed by atoms with E-state index in [1.165, 1.54) is 5.56 Å². The van der Waals surface area contributed by atoms with Crippen molar-refractivity contribution in [3.63, 3.8) is 0 Å². The van der Waals surface area contributed by atoms with Crippen LogP contribution in [0.3, 0.4) is 0 Å². The molecule has 0 radical (unpaired) electrons. The minimum atomic E-state index is -0.980. The van der Waals surface area contributed by atoms with Crippen LogP contribution in [0.25, 0.3) is 0 Å². The van der Waals surface area contributed by atoms with Crippen molar-refractivity contribution >= 4 is 5.78 Å². The molecule has 3 heteroatoms. The summed E-state index contributed by atoms with van der Waals surface area (Å²) in [6, 6.07) is 17.7. The number of Topliss-reactive ketones (excluding diaryl/α,β-unsaturated/α-hetero) is 1. The van der Waals surface area contributed by atoms with Gasteiger partial charge in [-0.1, -0.05) is 54.6 Å². The maximum absolute atomic E-state index is 13.0. The highest BCUT2D eigenvalue weighted by molar-refractivity contribution is 6.02. The predicted octanol–water partition coefficient (Wildman–Crippen LogP) is 4.81. The van der Waals surface area contributed by atoms with Gasteiger partial charge in [0.2, 0.25) is 0 Å². The molecule has 26 heavy (non-hydrogen) atoms. The molecule has 2 aromatic rings. The van der Waals surface area contributed by atoms with Crippen molar-refractivity contribution in [2.45, 2.75) is 39.8 Å². The molecule has 140 valence electrons. The highest BCUT2D eigenvalue weighted by Crippen LogP contribution is 2.30. The van der Waals surface area contributed by atoms with Gasteiger partial charge in [0.25, 0.3) is 0 Å². The van der Waals surface area contributed by atoms with Crippen LogP contribution < -0.4 is 0 Å². The fourth-order valence-corrected chi connectivity index (χ4v) is 3.53. The van der Waals surface area contributed by atoms with Gasteiger partial charge >= 0.3 is 0 Å². The number of methoxy groups -OCH3 is 1. The van der Waals surface area contributed by atoms with E-state index in [1.54, 1.807) is 7.11 Å². The first-order valence-corrected chi connectivity index (χ1v) is 9.54. The molecule has 0 aliphatic heterocycles. The van der Waals surface area contributed by atoms with Crippen LogP contribution in [0.1, 0.15) is 49.2 Å². The summed E-state index contributed by atoms with van der Waals surface area (Å²) in [6.07, 6.45) is 0. The summed E-state index contributed by atoms with van der Waals surface area (Å²) in [7, 11) is 1.60. The van der Waals surface area contributed by atoms with Crippen molar-refractivity contribution in [2.75, 3.05) is 26.7 Å². The lowest BCUT2D eigenvalue weighted by molar-refractivity contribution is -0.936. The summed E-state index contributed by atoms with van der Waals surface area (Å²) in [5.74, 6) is -0.0193. The molecule has 2 aromatic carbocycles. The zero-order chi connectivity index (χ0) is 19.2. The first-order chi connectivity index (χ1) is 12.4. The maximum atomic E-state index is 13.0. The van der Waals surface area contributed by atoms with Crippen molar-refractivity contribution < 1.29 is 14.0 Å². The maximum Gasteiger partial charge on any atom is 0.198 e. The van der Waals surface area contributed by atoms with Crippen LogP contribution >= 0.6 is 0 Å². The fourth-order valence-electron chi connectivity index (χ4n) is 3.53. The summed E-state index contributed by atoms with van der Waals surface area (Å²) in [5, 5.41) is 0. The summed E-state index contributed by atoms with van der Waals surface area (Å²) < 4.78 is 6.76. The third kappa shape index (κ3) is 4.05. The zero-order valence-corrected chi connectivity index (χ0v) is 16.8. The lowest BCUT2D eigenvalue weighted by atomic mass is 9.87. The van der Waals surface area contributed by atoms with E-state index in [0.29, 0.717) is 5.56 Å². The highest BCUT2D eigenvalue weighted by atomic mass is 16.5. The summed E-state index contributed by atoms with van der Waals surface area (Å²) in [4.78, 5) is 13.0. The molecule has 1 atom stereocenters. The SMILES string of the molecule is CC[N+](CC)(CC)Cc1ccc(C(C)(OC)C(=O)c2ccccc2)cc1. The molecule has 0 saturated heterocycles. The van der Waals surface area contributed by atoms with Gasteiger partial charge in [-0.3, -0.25) is 4.79 Å². The van der Waals surface area contributed by atoms with Gasteiger partial charge in [0.05, 0.1) is 19.6 Å². The van der Waals surface area contributed by atoms with Crippen molar-refractivity contribution in [1.29, 1.82) is 0 Å². The molecule has 0 amide bonds. The van der Waals surface area contributed by atoms with Gasteiger partial charge in [-0.05, 0) is 33.3 Å². The topological polar surface area (TPSA) is 26.3 Å². The second-order valence-corrected chi connectivity index (χ2v) is 7.08. The molecule has 0 fully saturated rings. The highest BCUT2D eigenvalue weighted by Gasteiger charge is 2.36. The van der Waals surface area contributed by atoms with Crippen molar-refractivity contribution in [2.24, 2.45) is 0 Å². The Morgan fingerprint density at radius 1 is 0.923 bits per heavy atom. The van der Waals surface area contributed by atoms with Crippen LogP contribution in [0.4, 0.5) is 0 Å². The lowest BCUT2D eigenvalue weighted by Gasteiger charge is -2.36. The number of ketones is 1. The Morgan fingerprint density at radius 3 is 1.92 bits per heavy atom. The third-order valence-corrected chi connectivity index (χ3v) is 5.91. The van der Waals surface area contributed by atoms with Gasteiger partial charge in [-0.2, -0.15) is 0 Å². The van der Waals surface area contributed by atoms with E-state index in [1.807, 2.05) is 49.4 Å². The van der Waals surface area contributed by atoms with Crippen LogP contribution in [-0.2, 0) is 16.9 Å². The van der Waals surface area contributed by atoms with Crippen LogP contribution in [0.5, 0.6) is 0 Å².